The number of hydrogen-bond acceptors (Lipinski definition) is 3. The second-order valence-electron chi connectivity index (χ2n) is 6.35. The Hall–Kier alpha value is -0.320. The summed E-state index contributed by atoms with van der Waals surface area (Å²) in [5.74, 6) is 0.991. The van der Waals surface area contributed by atoms with Gasteiger partial charge < -0.3 is 15.4 Å². The Kier molecular flexibility index (Phi) is 5.70. The third-order valence-corrected chi connectivity index (χ3v) is 5.17. The van der Waals surface area contributed by atoms with E-state index < -0.39 is 0 Å². The van der Waals surface area contributed by atoms with Crippen LogP contribution in [0, 0.1) is 5.92 Å². The second-order valence-corrected chi connectivity index (χ2v) is 6.35. The van der Waals surface area contributed by atoms with Gasteiger partial charge >= 0.3 is 0 Å². The molecule has 2 heterocycles. The molecule has 4 nitrogen and oxygen atoms in total. The summed E-state index contributed by atoms with van der Waals surface area (Å²) in [6.45, 7) is 1.48. The summed E-state index contributed by atoms with van der Waals surface area (Å²) in [4.78, 5) is 14.8. The van der Waals surface area contributed by atoms with Crippen molar-refractivity contribution in [3.8, 4) is 0 Å². The quantitative estimate of drug-likeness (QED) is 0.850. The number of ether oxygens (including phenoxy) is 1. The number of likely N-dealkylation sites (tertiary alicyclic amines) is 1. The van der Waals surface area contributed by atoms with E-state index >= 15 is 0 Å². The summed E-state index contributed by atoms with van der Waals surface area (Å²) in [5.41, 5.74) is 5.63. The van der Waals surface area contributed by atoms with E-state index in [9.17, 15) is 4.79 Å². The van der Waals surface area contributed by atoms with Crippen LogP contribution in [0.4, 0.5) is 0 Å². The molecule has 0 aromatic rings. The number of carbonyl (C=O) groups is 1. The van der Waals surface area contributed by atoms with Gasteiger partial charge in [0.2, 0.25) is 0 Å². The third kappa shape index (κ3) is 3.12. The van der Waals surface area contributed by atoms with Crippen LogP contribution in [0.3, 0.4) is 0 Å². The Bertz CT molecular complexity index is 338. The summed E-state index contributed by atoms with van der Waals surface area (Å²) >= 11 is 0. The molecule has 1 saturated carbocycles. The standard InChI is InChI=1S/C15H26N2O2.ClH/c16-10-12-7-8-14(19-12)15(18)17-9-3-5-11-4-1-2-6-13(11)17;/h11-14H,1-10,16H2;1H/t11?,12-,13?,14+;/m1./s1. The highest BCUT2D eigenvalue weighted by Crippen LogP contribution is 2.36. The first-order valence-corrected chi connectivity index (χ1v) is 7.95. The van der Waals surface area contributed by atoms with Crippen LogP contribution in [0.1, 0.15) is 51.4 Å². The normalized spacial score (nSPS) is 37.1. The van der Waals surface area contributed by atoms with Crippen LogP contribution in [0.15, 0.2) is 0 Å². The molecule has 0 spiro atoms. The Morgan fingerprint density at radius 2 is 1.85 bits per heavy atom. The first-order chi connectivity index (χ1) is 9.29. The van der Waals surface area contributed by atoms with E-state index in [1.54, 1.807) is 0 Å². The van der Waals surface area contributed by atoms with Gasteiger partial charge in [0.25, 0.3) is 5.91 Å². The van der Waals surface area contributed by atoms with Crippen LogP contribution in [0.2, 0.25) is 0 Å². The minimum atomic E-state index is -0.214. The van der Waals surface area contributed by atoms with E-state index in [0.717, 1.165) is 25.3 Å². The van der Waals surface area contributed by atoms with Crippen LogP contribution in [-0.2, 0) is 9.53 Å². The molecule has 0 aromatic carbocycles. The van der Waals surface area contributed by atoms with E-state index in [2.05, 4.69) is 4.90 Å². The van der Waals surface area contributed by atoms with Gasteiger partial charge in [-0.2, -0.15) is 0 Å². The van der Waals surface area contributed by atoms with Crippen LogP contribution in [0.25, 0.3) is 0 Å². The van der Waals surface area contributed by atoms with E-state index in [1.165, 1.54) is 38.5 Å². The summed E-state index contributed by atoms with van der Waals surface area (Å²) < 4.78 is 5.79. The Labute approximate surface area is 127 Å². The van der Waals surface area contributed by atoms with Gasteiger partial charge in [0.1, 0.15) is 6.10 Å². The number of halogens is 1. The Balaban J connectivity index is 0.00000147. The number of rotatable bonds is 2. The molecule has 1 amide bonds. The molecule has 3 rings (SSSR count). The van der Waals surface area contributed by atoms with Crippen molar-refractivity contribution in [2.24, 2.45) is 11.7 Å². The number of fused-ring (bicyclic) bond motifs is 1. The van der Waals surface area contributed by atoms with Crippen molar-refractivity contribution >= 4 is 18.3 Å². The minimum absolute atomic E-state index is 0. The fourth-order valence-corrected chi connectivity index (χ4v) is 4.14. The van der Waals surface area contributed by atoms with E-state index in [4.69, 9.17) is 10.5 Å². The van der Waals surface area contributed by atoms with E-state index in [0.29, 0.717) is 12.6 Å². The van der Waals surface area contributed by atoms with Crippen LogP contribution in [0.5, 0.6) is 0 Å². The smallest absolute Gasteiger partial charge is 0.251 e. The molecular weight excluding hydrogens is 276 g/mol. The van der Waals surface area contributed by atoms with Crippen molar-refractivity contribution in [3.05, 3.63) is 0 Å². The lowest BCUT2D eigenvalue weighted by Crippen LogP contribution is -2.52. The van der Waals surface area contributed by atoms with Crippen molar-refractivity contribution in [3.63, 3.8) is 0 Å². The molecule has 0 bridgehead atoms. The van der Waals surface area contributed by atoms with Crippen molar-refractivity contribution in [2.45, 2.75) is 69.6 Å². The summed E-state index contributed by atoms with van der Waals surface area (Å²) in [6, 6.07) is 0.496. The molecule has 2 aliphatic heterocycles. The Morgan fingerprint density at radius 3 is 2.60 bits per heavy atom. The molecule has 2 N–H and O–H groups in total. The highest BCUT2D eigenvalue weighted by molar-refractivity contribution is 5.85. The summed E-state index contributed by atoms with van der Waals surface area (Å²) in [6.07, 6.45) is 9.29. The van der Waals surface area contributed by atoms with Gasteiger partial charge in [-0.05, 0) is 44.4 Å². The molecule has 3 aliphatic rings. The summed E-state index contributed by atoms with van der Waals surface area (Å²) in [5, 5.41) is 0. The molecular formula is C15H27ClN2O2. The highest BCUT2D eigenvalue weighted by atomic mass is 35.5. The van der Waals surface area contributed by atoms with Gasteiger partial charge in [0.15, 0.2) is 0 Å². The number of nitrogens with two attached hydrogens (primary N) is 1. The molecule has 2 saturated heterocycles. The molecule has 20 heavy (non-hydrogen) atoms. The lowest BCUT2D eigenvalue weighted by atomic mass is 9.78. The molecule has 0 aromatic heterocycles. The predicted octanol–water partition coefficient (Wildman–Crippen LogP) is 2.10. The number of piperidine rings is 1. The topological polar surface area (TPSA) is 55.6 Å². The average molecular weight is 303 g/mol. The Morgan fingerprint density at radius 1 is 1.10 bits per heavy atom. The molecule has 0 radical (unpaired) electrons. The molecule has 116 valence electrons. The predicted molar refractivity (Wildman–Crippen MR) is 80.9 cm³/mol. The zero-order chi connectivity index (χ0) is 13.2. The number of amides is 1. The van der Waals surface area contributed by atoms with Gasteiger partial charge in [0, 0.05) is 19.1 Å². The fourth-order valence-electron chi connectivity index (χ4n) is 4.14. The van der Waals surface area contributed by atoms with Gasteiger partial charge in [-0.3, -0.25) is 4.79 Å². The largest absolute Gasteiger partial charge is 0.364 e. The first-order valence-electron chi connectivity index (χ1n) is 7.95. The molecule has 3 fully saturated rings. The van der Waals surface area contributed by atoms with Gasteiger partial charge in [-0.1, -0.05) is 12.8 Å². The zero-order valence-corrected chi connectivity index (χ0v) is 12.9. The van der Waals surface area contributed by atoms with Gasteiger partial charge in [-0.25, -0.2) is 0 Å². The molecule has 5 heteroatoms. The number of nitrogens with zero attached hydrogens (tertiary/aromatic N) is 1. The lowest BCUT2D eigenvalue weighted by molar-refractivity contribution is -0.149. The number of carbonyl (C=O) groups excluding carboxylic acids is 1. The molecule has 4 atom stereocenters. The molecule has 1 aliphatic carbocycles. The monoisotopic (exact) mass is 302 g/mol. The van der Waals surface area contributed by atoms with Gasteiger partial charge in [0.05, 0.1) is 6.10 Å². The van der Waals surface area contributed by atoms with Crippen LogP contribution in [-0.4, -0.2) is 42.1 Å². The van der Waals surface area contributed by atoms with E-state index in [-0.39, 0.29) is 30.5 Å². The first kappa shape index (κ1) is 16.1. The third-order valence-electron chi connectivity index (χ3n) is 5.17. The van der Waals surface area contributed by atoms with Crippen molar-refractivity contribution in [1.82, 2.24) is 4.90 Å². The maximum absolute atomic E-state index is 12.7. The van der Waals surface area contributed by atoms with Crippen molar-refractivity contribution in [2.75, 3.05) is 13.1 Å². The lowest BCUT2D eigenvalue weighted by Gasteiger charge is -2.44. The zero-order valence-electron chi connectivity index (χ0n) is 12.1. The number of hydrogen-bond donors (Lipinski definition) is 1. The van der Waals surface area contributed by atoms with Crippen molar-refractivity contribution < 1.29 is 9.53 Å². The maximum Gasteiger partial charge on any atom is 0.251 e. The fraction of sp³-hybridized carbons (Fsp3) is 0.933. The van der Waals surface area contributed by atoms with Crippen LogP contribution >= 0.6 is 12.4 Å². The maximum atomic E-state index is 12.7. The minimum Gasteiger partial charge on any atom is -0.364 e. The SMILES string of the molecule is Cl.NC[C@H]1CC[C@@H](C(=O)N2CCCC3CCCCC32)O1. The van der Waals surface area contributed by atoms with E-state index in [1.807, 2.05) is 0 Å². The van der Waals surface area contributed by atoms with Crippen molar-refractivity contribution in [1.29, 1.82) is 0 Å². The van der Waals surface area contributed by atoms with Gasteiger partial charge in [-0.15, -0.1) is 12.4 Å². The average Bonchev–Trinajstić information content (AvgIpc) is 2.95. The summed E-state index contributed by atoms with van der Waals surface area (Å²) in [7, 11) is 0. The second kappa shape index (κ2) is 7.10. The van der Waals surface area contributed by atoms with Crippen LogP contribution < -0.4 is 5.73 Å². The highest BCUT2D eigenvalue weighted by Gasteiger charge is 2.40. The molecule has 2 unspecified atom stereocenters.